The highest BCUT2D eigenvalue weighted by Crippen LogP contribution is 2.21. The Bertz CT molecular complexity index is 534. The van der Waals surface area contributed by atoms with Crippen molar-refractivity contribution in [3.63, 3.8) is 0 Å². The molecule has 0 saturated heterocycles. The van der Waals surface area contributed by atoms with Crippen molar-refractivity contribution in [2.45, 2.75) is 0 Å². The van der Waals surface area contributed by atoms with Gasteiger partial charge >= 0.3 is 0 Å². The molecule has 0 unspecified atom stereocenters. The molecule has 1 aromatic rings. The Morgan fingerprint density at radius 1 is 1.65 bits per heavy atom. The normalized spacial score (nSPS) is 11.6. The number of nitro groups is 1. The molecule has 0 saturated carbocycles. The molecule has 0 amide bonds. The van der Waals surface area contributed by atoms with Crippen molar-refractivity contribution in [2.75, 3.05) is 13.2 Å². The Labute approximate surface area is 122 Å². The number of nitrogens with zero attached hydrogens (tertiary/aromatic N) is 3. The molecular weight excluding hydrogens is 334 g/mol. The van der Waals surface area contributed by atoms with Gasteiger partial charge in [-0.2, -0.15) is 5.10 Å². The fourth-order valence-corrected chi connectivity index (χ4v) is 1.56. The van der Waals surface area contributed by atoms with Crippen LogP contribution in [0.25, 0.3) is 0 Å². The summed E-state index contributed by atoms with van der Waals surface area (Å²) in [5, 5.41) is 25.0. The van der Waals surface area contributed by atoms with Gasteiger partial charge in [0.1, 0.15) is 12.4 Å². The summed E-state index contributed by atoms with van der Waals surface area (Å²) < 4.78 is 6.09. The molecule has 0 radical (unpaired) electrons. The number of hydrogen-bond donors (Lipinski definition) is 3. The number of ether oxygens (including phenoxy) is 1. The van der Waals surface area contributed by atoms with Gasteiger partial charge in [-0.3, -0.25) is 0 Å². The summed E-state index contributed by atoms with van der Waals surface area (Å²) in [6, 6.07) is 5.16. The molecular formula is C10H12BrN5O4. The SMILES string of the molecule is NC(=N/N=C\c1cc(Br)ccc1OCCO)N[N+](=O)[O-]. The third-order valence-electron chi connectivity index (χ3n) is 1.89. The van der Waals surface area contributed by atoms with E-state index in [1.807, 2.05) is 0 Å². The number of nitrogens with one attached hydrogen (secondary N) is 1. The standard InChI is InChI=1S/C10H12BrN5O4/c11-8-1-2-9(20-4-3-17)7(5-8)6-13-14-10(12)15-16(18)19/h1-2,5-6,17H,3-4H2,(H3,12,14,15)/b13-6-. The lowest BCUT2D eigenvalue weighted by Crippen LogP contribution is -2.35. The molecule has 0 bridgehead atoms. The first-order valence-electron chi connectivity index (χ1n) is 5.33. The average Bonchev–Trinajstić information content (AvgIpc) is 2.37. The van der Waals surface area contributed by atoms with Crippen molar-refractivity contribution >= 4 is 28.1 Å². The zero-order valence-electron chi connectivity index (χ0n) is 10.2. The lowest BCUT2D eigenvalue weighted by atomic mass is 10.2. The number of hydrogen-bond acceptors (Lipinski definition) is 6. The Morgan fingerprint density at radius 3 is 3.05 bits per heavy atom. The highest BCUT2D eigenvalue weighted by Gasteiger charge is 2.03. The summed E-state index contributed by atoms with van der Waals surface area (Å²) in [4.78, 5) is 10.1. The Balaban J connectivity index is 2.84. The van der Waals surface area contributed by atoms with Crippen molar-refractivity contribution in [1.82, 2.24) is 5.43 Å². The second-order valence-electron chi connectivity index (χ2n) is 3.35. The molecule has 108 valence electrons. The molecule has 0 fully saturated rings. The number of benzene rings is 1. The van der Waals surface area contributed by atoms with Crippen LogP contribution in [0.1, 0.15) is 5.56 Å². The molecule has 0 aliphatic rings. The van der Waals surface area contributed by atoms with Crippen LogP contribution in [0.15, 0.2) is 32.9 Å². The fraction of sp³-hybridized carbons (Fsp3) is 0.200. The van der Waals surface area contributed by atoms with Gasteiger partial charge in [0.2, 0.25) is 0 Å². The first-order valence-corrected chi connectivity index (χ1v) is 6.13. The predicted octanol–water partition coefficient (Wildman–Crippen LogP) is 0.250. The highest BCUT2D eigenvalue weighted by molar-refractivity contribution is 9.10. The third-order valence-corrected chi connectivity index (χ3v) is 2.38. The Morgan fingerprint density at radius 2 is 2.40 bits per heavy atom. The summed E-state index contributed by atoms with van der Waals surface area (Å²) in [5.74, 6) is 0.0427. The quantitative estimate of drug-likeness (QED) is 0.292. The van der Waals surface area contributed by atoms with Gasteiger partial charge in [-0.1, -0.05) is 21.4 Å². The molecule has 0 aliphatic heterocycles. The number of aliphatic hydroxyl groups excluding tert-OH is 1. The van der Waals surface area contributed by atoms with E-state index in [4.69, 9.17) is 15.6 Å². The fourth-order valence-electron chi connectivity index (χ4n) is 1.18. The van der Waals surface area contributed by atoms with Gasteiger partial charge in [-0.05, 0) is 18.2 Å². The van der Waals surface area contributed by atoms with Crippen molar-refractivity contribution in [1.29, 1.82) is 0 Å². The predicted molar refractivity (Wildman–Crippen MR) is 76.1 cm³/mol. The molecule has 0 atom stereocenters. The van der Waals surface area contributed by atoms with Crippen LogP contribution in [-0.2, 0) is 0 Å². The van der Waals surface area contributed by atoms with E-state index in [2.05, 4.69) is 26.1 Å². The molecule has 9 nitrogen and oxygen atoms in total. The number of aliphatic hydroxyl groups is 1. The molecule has 1 rings (SSSR count). The first kappa shape index (κ1) is 15.9. The van der Waals surface area contributed by atoms with Crippen LogP contribution in [0, 0.1) is 10.1 Å². The molecule has 1 aromatic carbocycles. The van der Waals surface area contributed by atoms with Crippen LogP contribution in [0.5, 0.6) is 5.75 Å². The topological polar surface area (TPSA) is 135 Å². The van der Waals surface area contributed by atoms with Crippen LogP contribution in [0.4, 0.5) is 0 Å². The van der Waals surface area contributed by atoms with E-state index >= 15 is 0 Å². The number of rotatable bonds is 6. The maximum absolute atomic E-state index is 10.1. The van der Waals surface area contributed by atoms with Gasteiger partial charge in [-0.25, -0.2) is 10.1 Å². The third kappa shape index (κ3) is 5.63. The van der Waals surface area contributed by atoms with E-state index in [9.17, 15) is 10.1 Å². The van der Waals surface area contributed by atoms with E-state index in [0.717, 1.165) is 4.47 Å². The lowest BCUT2D eigenvalue weighted by molar-refractivity contribution is -0.525. The van der Waals surface area contributed by atoms with E-state index in [-0.39, 0.29) is 13.2 Å². The molecule has 0 aliphatic carbocycles. The van der Waals surface area contributed by atoms with Gasteiger partial charge in [0.25, 0.3) is 5.96 Å². The van der Waals surface area contributed by atoms with Crippen LogP contribution in [0.3, 0.4) is 0 Å². The van der Waals surface area contributed by atoms with Crippen molar-refractivity contribution < 1.29 is 14.9 Å². The van der Waals surface area contributed by atoms with Gasteiger partial charge < -0.3 is 15.6 Å². The van der Waals surface area contributed by atoms with Gasteiger partial charge in [0.05, 0.1) is 12.8 Å². The summed E-state index contributed by atoms with van der Waals surface area (Å²) in [6.45, 7) is 0.0151. The van der Waals surface area contributed by atoms with Gasteiger partial charge in [0, 0.05) is 10.0 Å². The van der Waals surface area contributed by atoms with Crippen LogP contribution in [0.2, 0.25) is 0 Å². The average molecular weight is 346 g/mol. The maximum Gasteiger partial charge on any atom is 0.275 e. The van der Waals surface area contributed by atoms with Crippen molar-refractivity contribution in [2.24, 2.45) is 15.9 Å². The molecule has 0 aromatic heterocycles. The van der Waals surface area contributed by atoms with Crippen molar-refractivity contribution in [3.05, 3.63) is 38.3 Å². The summed E-state index contributed by atoms with van der Waals surface area (Å²) >= 11 is 3.29. The molecule has 0 heterocycles. The molecule has 0 spiro atoms. The number of nitrogens with two attached hydrogens (primary N) is 1. The summed E-state index contributed by atoms with van der Waals surface area (Å²) in [7, 11) is 0. The minimum Gasteiger partial charge on any atom is -0.491 e. The first-order chi connectivity index (χ1) is 9.52. The van der Waals surface area contributed by atoms with Crippen molar-refractivity contribution in [3.8, 4) is 5.75 Å². The Hall–Kier alpha value is -2.20. The minimum atomic E-state index is -0.844. The number of guanidine groups is 1. The zero-order valence-corrected chi connectivity index (χ0v) is 11.8. The summed E-state index contributed by atoms with van der Waals surface area (Å²) in [6.07, 6.45) is 1.33. The van der Waals surface area contributed by atoms with E-state index in [0.29, 0.717) is 11.3 Å². The van der Waals surface area contributed by atoms with Crippen LogP contribution < -0.4 is 15.9 Å². The summed E-state index contributed by atoms with van der Waals surface area (Å²) in [5.41, 5.74) is 7.42. The maximum atomic E-state index is 10.1. The van der Waals surface area contributed by atoms with Gasteiger partial charge in [-0.15, -0.1) is 5.10 Å². The molecule has 20 heavy (non-hydrogen) atoms. The van der Waals surface area contributed by atoms with Crippen LogP contribution >= 0.6 is 15.9 Å². The monoisotopic (exact) mass is 345 g/mol. The minimum absolute atomic E-state index is 0.121. The number of hydrazine groups is 1. The molecule has 4 N–H and O–H groups in total. The number of halogens is 1. The Kier molecular flexibility index (Phi) is 6.40. The van der Waals surface area contributed by atoms with Crippen LogP contribution in [-0.4, -0.2) is 35.5 Å². The second-order valence-corrected chi connectivity index (χ2v) is 4.27. The second kappa shape index (κ2) is 8.07. The van der Waals surface area contributed by atoms with E-state index in [1.165, 1.54) is 6.21 Å². The van der Waals surface area contributed by atoms with E-state index in [1.54, 1.807) is 23.6 Å². The largest absolute Gasteiger partial charge is 0.491 e. The highest BCUT2D eigenvalue weighted by atomic mass is 79.9. The lowest BCUT2D eigenvalue weighted by Gasteiger charge is -2.07. The van der Waals surface area contributed by atoms with Gasteiger partial charge in [0.15, 0.2) is 5.03 Å². The van der Waals surface area contributed by atoms with E-state index < -0.39 is 11.0 Å². The zero-order chi connectivity index (χ0) is 15.0. The molecule has 10 heteroatoms. The smallest absolute Gasteiger partial charge is 0.275 e.